The molecule has 1 aromatic carbocycles. The maximum Gasteiger partial charge on any atom is 0.159 e. The first-order valence-corrected chi connectivity index (χ1v) is 8.15. The third-order valence-electron chi connectivity index (χ3n) is 4.02. The van der Waals surface area contributed by atoms with Gasteiger partial charge in [-0.2, -0.15) is 5.26 Å². The van der Waals surface area contributed by atoms with E-state index in [1.807, 2.05) is 23.3 Å². The lowest BCUT2D eigenvalue weighted by atomic mass is 10.0. The van der Waals surface area contributed by atoms with Crippen molar-refractivity contribution in [2.75, 3.05) is 0 Å². The maximum atomic E-state index is 9.22. The molecule has 25 heavy (non-hydrogen) atoms. The molecular weight excluding hydrogens is 314 g/mol. The van der Waals surface area contributed by atoms with Crippen molar-refractivity contribution < 1.29 is 0 Å². The molecule has 0 fully saturated rings. The molecule has 0 radical (unpaired) electrons. The standard InChI is InChI=1S/C18H21N7/c1-12(2)17-11-25(24-23-17)10-15-5-13(6-19)3-4-16(15)18-21-8-14(7-20)9-22-18/h3-5,8-9,11-12,23-24H,7,10,20H2,1-2H3. The number of hydrogen-bond donors (Lipinski definition) is 3. The van der Waals surface area contributed by atoms with Gasteiger partial charge in [-0.3, -0.25) is 5.01 Å². The van der Waals surface area contributed by atoms with Crippen molar-refractivity contribution in [3.63, 3.8) is 0 Å². The van der Waals surface area contributed by atoms with Crippen LogP contribution in [0.25, 0.3) is 11.4 Å². The molecule has 0 saturated carbocycles. The van der Waals surface area contributed by atoms with E-state index in [1.165, 1.54) is 0 Å². The molecule has 128 valence electrons. The predicted octanol–water partition coefficient (Wildman–Crippen LogP) is 1.80. The Balaban J connectivity index is 1.92. The molecule has 2 heterocycles. The molecule has 0 spiro atoms. The predicted molar refractivity (Wildman–Crippen MR) is 94.8 cm³/mol. The number of aromatic nitrogens is 2. The molecule has 1 aliphatic heterocycles. The van der Waals surface area contributed by atoms with Crippen LogP contribution in [0.5, 0.6) is 0 Å². The van der Waals surface area contributed by atoms with Crippen molar-refractivity contribution in [3.05, 3.63) is 59.2 Å². The summed E-state index contributed by atoms with van der Waals surface area (Å²) in [5, 5.41) is 11.2. The smallest absolute Gasteiger partial charge is 0.159 e. The molecule has 0 amide bonds. The van der Waals surface area contributed by atoms with Gasteiger partial charge < -0.3 is 11.2 Å². The first-order valence-electron chi connectivity index (χ1n) is 8.15. The summed E-state index contributed by atoms with van der Waals surface area (Å²) in [5.74, 6) is 1.02. The second-order valence-electron chi connectivity index (χ2n) is 6.21. The maximum absolute atomic E-state index is 9.22. The quantitative estimate of drug-likeness (QED) is 0.765. The molecule has 1 aromatic heterocycles. The second-order valence-corrected chi connectivity index (χ2v) is 6.21. The van der Waals surface area contributed by atoms with Crippen LogP contribution in [0, 0.1) is 17.2 Å². The molecule has 0 atom stereocenters. The molecule has 2 aromatic rings. The van der Waals surface area contributed by atoms with Gasteiger partial charge in [0.15, 0.2) is 5.82 Å². The SMILES string of the molecule is CC(C)C1=CN(Cc2cc(C#N)ccc2-c2ncc(CN)cn2)NN1. The van der Waals surface area contributed by atoms with E-state index in [0.29, 0.717) is 30.4 Å². The van der Waals surface area contributed by atoms with Crippen LogP contribution in [-0.4, -0.2) is 15.0 Å². The summed E-state index contributed by atoms with van der Waals surface area (Å²) in [6, 6.07) is 7.73. The van der Waals surface area contributed by atoms with Crippen LogP contribution in [0.3, 0.4) is 0 Å². The topological polar surface area (TPSA) is 103 Å². The third-order valence-corrected chi connectivity index (χ3v) is 4.02. The van der Waals surface area contributed by atoms with Crippen LogP contribution in [-0.2, 0) is 13.1 Å². The fourth-order valence-corrected chi connectivity index (χ4v) is 2.54. The summed E-state index contributed by atoms with van der Waals surface area (Å²) in [6.07, 6.45) is 5.50. The van der Waals surface area contributed by atoms with Gasteiger partial charge in [0, 0.05) is 42.0 Å². The molecule has 0 aliphatic carbocycles. The van der Waals surface area contributed by atoms with Crippen LogP contribution in [0.2, 0.25) is 0 Å². The van der Waals surface area contributed by atoms with E-state index in [0.717, 1.165) is 22.4 Å². The Morgan fingerprint density at radius 2 is 2.04 bits per heavy atom. The van der Waals surface area contributed by atoms with Gasteiger partial charge in [0.1, 0.15) is 0 Å². The molecule has 7 nitrogen and oxygen atoms in total. The molecule has 4 N–H and O–H groups in total. The number of allylic oxidation sites excluding steroid dienone is 1. The van der Waals surface area contributed by atoms with Gasteiger partial charge in [0.2, 0.25) is 0 Å². The van der Waals surface area contributed by atoms with Gasteiger partial charge in [-0.15, -0.1) is 5.53 Å². The van der Waals surface area contributed by atoms with Crippen LogP contribution >= 0.6 is 0 Å². The van der Waals surface area contributed by atoms with Crippen molar-refractivity contribution in [2.24, 2.45) is 11.7 Å². The lowest BCUT2D eigenvalue weighted by Gasteiger charge is -2.17. The number of benzene rings is 1. The Morgan fingerprint density at radius 1 is 1.28 bits per heavy atom. The second kappa shape index (κ2) is 7.30. The minimum atomic E-state index is 0.398. The van der Waals surface area contributed by atoms with Gasteiger partial charge in [-0.05, 0) is 29.7 Å². The molecule has 3 rings (SSSR count). The van der Waals surface area contributed by atoms with E-state index in [4.69, 9.17) is 5.73 Å². The van der Waals surface area contributed by atoms with Crippen LogP contribution < -0.4 is 16.7 Å². The lowest BCUT2D eigenvalue weighted by molar-refractivity contribution is 0.262. The average Bonchev–Trinajstić information content (AvgIpc) is 3.10. The summed E-state index contributed by atoms with van der Waals surface area (Å²) in [6.45, 7) is 5.24. The number of nitrogens with two attached hydrogens (primary N) is 1. The highest BCUT2D eigenvalue weighted by atomic mass is 15.7. The summed E-state index contributed by atoms with van der Waals surface area (Å²) in [5.41, 5.74) is 16.4. The highest BCUT2D eigenvalue weighted by Crippen LogP contribution is 2.24. The number of nitrogens with one attached hydrogen (secondary N) is 2. The minimum Gasteiger partial charge on any atom is -0.326 e. The van der Waals surface area contributed by atoms with E-state index >= 15 is 0 Å². The highest BCUT2D eigenvalue weighted by molar-refractivity contribution is 5.62. The van der Waals surface area contributed by atoms with Gasteiger partial charge in [0.05, 0.1) is 18.2 Å². The average molecular weight is 335 g/mol. The van der Waals surface area contributed by atoms with Crippen molar-refractivity contribution in [1.82, 2.24) is 25.9 Å². The van der Waals surface area contributed by atoms with E-state index in [2.05, 4.69) is 40.8 Å². The number of hydrogen-bond acceptors (Lipinski definition) is 7. The van der Waals surface area contributed by atoms with Crippen LogP contribution in [0.15, 0.2) is 42.5 Å². The molecule has 1 aliphatic rings. The lowest BCUT2D eigenvalue weighted by Crippen LogP contribution is -2.36. The van der Waals surface area contributed by atoms with Gasteiger partial charge in [-0.25, -0.2) is 9.97 Å². The first kappa shape index (κ1) is 16.9. The first-order chi connectivity index (χ1) is 12.1. The van der Waals surface area contributed by atoms with Crippen LogP contribution in [0.4, 0.5) is 0 Å². The van der Waals surface area contributed by atoms with Crippen molar-refractivity contribution in [2.45, 2.75) is 26.9 Å². The third kappa shape index (κ3) is 3.76. The Kier molecular flexibility index (Phi) is 4.93. The van der Waals surface area contributed by atoms with Gasteiger partial charge in [0.25, 0.3) is 0 Å². The van der Waals surface area contributed by atoms with E-state index in [1.54, 1.807) is 18.5 Å². The van der Waals surface area contributed by atoms with E-state index < -0.39 is 0 Å². The zero-order valence-electron chi connectivity index (χ0n) is 14.3. The number of hydrazine groups is 2. The molecule has 0 saturated heterocycles. The summed E-state index contributed by atoms with van der Waals surface area (Å²) >= 11 is 0. The number of rotatable bonds is 5. The zero-order chi connectivity index (χ0) is 17.8. The van der Waals surface area contributed by atoms with E-state index in [-0.39, 0.29) is 0 Å². The van der Waals surface area contributed by atoms with E-state index in [9.17, 15) is 5.26 Å². The molecule has 7 heteroatoms. The number of nitrogens with zero attached hydrogens (tertiary/aromatic N) is 4. The van der Waals surface area contributed by atoms with Crippen molar-refractivity contribution in [3.8, 4) is 17.5 Å². The Morgan fingerprint density at radius 3 is 2.64 bits per heavy atom. The largest absolute Gasteiger partial charge is 0.326 e. The van der Waals surface area contributed by atoms with Crippen molar-refractivity contribution in [1.29, 1.82) is 5.26 Å². The Hall–Kier alpha value is -2.95. The highest BCUT2D eigenvalue weighted by Gasteiger charge is 2.17. The fraction of sp³-hybridized carbons (Fsp3) is 0.278. The minimum absolute atomic E-state index is 0.398. The normalized spacial score (nSPS) is 13.6. The zero-order valence-corrected chi connectivity index (χ0v) is 14.3. The molecular formula is C18H21N7. The summed E-state index contributed by atoms with van der Waals surface area (Å²) in [7, 11) is 0. The van der Waals surface area contributed by atoms with Gasteiger partial charge in [-0.1, -0.05) is 13.8 Å². The number of nitriles is 1. The summed E-state index contributed by atoms with van der Waals surface area (Å²) in [4.78, 5) is 8.82. The molecule has 0 bridgehead atoms. The van der Waals surface area contributed by atoms with Crippen molar-refractivity contribution >= 4 is 0 Å². The molecule has 0 unspecified atom stereocenters. The Labute approximate surface area is 147 Å². The monoisotopic (exact) mass is 335 g/mol. The summed E-state index contributed by atoms with van der Waals surface area (Å²) < 4.78 is 0. The Bertz CT molecular complexity index is 818. The van der Waals surface area contributed by atoms with Crippen LogP contribution in [0.1, 0.15) is 30.5 Å². The fourth-order valence-electron chi connectivity index (χ4n) is 2.54. The van der Waals surface area contributed by atoms with Gasteiger partial charge >= 0.3 is 0 Å².